The van der Waals surface area contributed by atoms with Gasteiger partial charge in [-0.3, -0.25) is 4.79 Å². The normalized spacial score (nSPS) is 12.8. The molecule has 3 N–H and O–H groups in total. The fourth-order valence-electron chi connectivity index (χ4n) is 1.07. The second kappa shape index (κ2) is 4.75. The van der Waals surface area contributed by atoms with Crippen LogP contribution in [0.3, 0.4) is 0 Å². The van der Waals surface area contributed by atoms with Crippen molar-refractivity contribution >= 4 is 15.7 Å². The van der Waals surface area contributed by atoms with Crippen molar-refractivity contribution in [3.05, 3.63) is 0 Å². The fraction of sp³-hybridized carbons (Fsp3) is 0.875. The molecule has 0 saturated carbocycles. The van der Waals surface area contributed by atoms with Gasteiger partial charge in [0.25, 0.3) is 0 Å². The molecular formula is C8H18N2O3S. The molecule has 0 atom stereocenters. The Labute approximate surface area is 85.0 Å². The number of amides is 1. The van der Waals surface area contributed by atoms with E-state index in [1.807, 2.05) is 0 Å². The summed E-state index contributed by atoms with van der Waals surface area (Å²) in [5, 5.41) is 2.97. The number of nitrogens with one attached hydrogen (secondary N) is 1. The first-order valence-electron chi connectivity index (χ1n) is 4.33. The summed E-state index contributed by atoms with van der Waals surface area (Å²) < 4.78 is 21.6. The highest BCUT2D eigenvalue weighted by molar-refractivity contribution is 7.90. The molecule has 0 heterocycles. The summed E-state index contributed by atoms with van der Waals surface area (Å²) in [7, 11) is -2.95. The first-order chi connectivity index (χ1) is 6.12. The molecule has 14 heavy (non-hydrogen) atoms. The van der Waals surface area contributed by atoms with Crippen LogP contribution >= 0.6 is 0 Å². The van der Waals surface area contributed by atoms with Crippen LogP contribution in [0.4, 0.5) is 0 Å². The van der Waals surface area contributed by atoms with Crippen LogP contribution in [0.1, 0.15) is 20.3 Å². The highest BCUT2D eigenvalue weighted by Gasteiger charge is 2.19. The molecule has 0 aliphatic rings. The zero-order valence-electron chi connectivity index (χ0n) is 8.83. The number of hydrogen-bond acceptors (Lipinski definition) is 4. The fourth-order valence-corrected chi connectivity index (χ4v) is 1.55. The molecule has 0 rings (SSSR count). The molecule has 0 aliphatic heterocycles. The standard InChI is InChI=1S/C8H18N2O3S/c1-8(2,6-7(9)11)10-4-5-14(3,12)13/h10H,4-6H2,1-3H3,(H2,9,11). The van der Waals surface area contributed by atoms with Crippen LogP contribution in [0.25, 0.3) is 0 Å². The van der Waals surface area contributed by atoms with Gasteiger partial charge in [-0.15, -0.1) is 0 Å². The molecule has 0 aromatic rings. The predicted octanol–water partition coefficient (Wildman–Crippen LogP) is -0.725. The summed E-state index contributed by atoms with van der Waals surface area (Å²) in [6.07, 6.45) is 1.37. The summed E-state index contributed by atoms with van der Waals surface area (Å²) in [6.45, 7) is 3.94. The van der Waals surface area contributed by atoms with Crippen LogP contribution in [-0.4, -0.2) is 38.4 Å². The van der Waals surface area contributed by atoms with E-state index >= 15 is 0 Å². The van der Waals surface area contributed by atoms with E-state index in [9.17, 15) is 13.2 Å². The van der Waals surface area contributed by atoms with Gasteiger partial charge in [-0.05, 0) is 13.8 Å². The van der Waals surface area contributed by atoms with Gasteiger partial charge in [0.2, 0.25) is 5.91 Å². The topological polar surface area (TPSA) is 89.3 Å². The highest BCUT2D eigenvalue weighted by atomic mass is 32.2. The maximum Gasteiger partial charge on any atom is 0.219 e. The SMILES string of the molecule is CC(C)(CC(N)=O)NCCS(C)(=O)=O. The zero-order chi connectivity index (χ0) is 11.4. The average Bonchev–Trinajstić information content (AvgIpc) is 1.78. The summed E-state index contributed by atoms with van der Waals surface area (Å²) >= 11 is 0. The van der Waals surface area contributed by atoms with E-state index in [0.29, 0.717) is 6.54 Å². The largest absolute Gasteiger partial charge is 0.370 e. The van der Waals surface area contributed by atoms with Gasteiger partial charge in [0.15, 0.2) is 0 Å². The van der Waals surface area contributed by atoms with Gasteiger partial charge < -0.3 is 11.1 Å². The van der Waals surface area contributed by atoms with Crippen molar-refractivity contribution in [1.29, 1.82) is 0 Å². The number of rotatable bonds is 6. The molecule has 0 radical (unpaired) electrons. The molecule has 0 unspecified atom stereocenters. The molecule has 1 amide bonds. The highest BCUT2D eigenvalue weighted by Crippen LogP contribution is 2.06. The van der Waals surface area contributed by atoms with E-state index in [2.05, 4.69) is 5.32 Å². The van der Waals surface area contributed by atoms with Crippen molar-refractivity contribution < 1.29 is 13.2 Å². The van der Waals surface area contributed by atoms with Crippen molar-refractivity contribution in [2.45, 2.75) is 25.8 Å². The van der Waals surface area contributed by atoms with Crippen molar-refractivity contribution in [3.63, 3.8) is 0 Å². The molecular weight excluding hydrogens is 204 g/mol. The maximum atomic E-state index is 10.8. The van der Waals surface area contributed by atoms with Gasteiger partial charge >= 0.3 is 0 Å². The molecule has 5 nitrogen and oxygen atoms in total. The van der Waals surface area contributed by atoms with Crippen molar-refractivity contribution in [2.24, 2.45) is 5.73 Å². The molecule has 84 valence electrons. The second-order valence-electron chi connectivity index (χ2n) is 4.08. The minimum Gasteiger partial charge on any atom is -0.370 e. The molecule has 0 bridgehead atoms. The third-order valence-electron chi connectivity index (χ3n) is 1.69. The Morgan fingerprint density at radius 2 is 1.93 bits per heavy atom. The van der Waals surface area contributed by atoms with E-state index < -0.39 is 21.3 Å². The molecule has 6 heteroatoms. The number of hydrogen-bond donors (Lipinski definition) is 2. The minimum absolute atomic E-state index is 0.0647. The average molecular weight is 222 g/mol. The van der Waals surface area contributed by atoms with E-state index in [0.717, 1.165) is 0 Å². The quantitative estimate of drug-likeness (QED) is 0.620. The van der Waals surface area contributed by atoms with Crippen molar-refractivity contribution in [3.8, 4) is 0 Å². The lowest BCUT2D eigenvalue weighted by Gasteiger charge is -2.24. The van der Waals surface area contributed by atoms with Crippen LogP contribution < -0.4 is 11.1 Å². The van der Waals surface area contributed by atoms with Gasteiger partial charge in [-0.25, -0.2) is 8.42 Å². The Hall–Kier alpha value is -0.620. The van der Waals surface area contributed by atoms with E-state index in [1.165, 1.54) is 6.26 Å². The molecule has 0 aromatic carbocycles. The second-order valence-corrected chi connectivity index (χ2v) is 6.34. The zero-order valence-corrected chi connectivity index (χ0v) is 9.65. The maximum absolute atomic E-state index is 10.8. The van der Waals surface area contributed by atoms with Crippen LogP contribution in [0.2, 0.25) is 0 Å². The molecule has 0 saturated heterocycles. The van der Waals surface area contributed by atoms with Crippen LogP contribution in [0.15, 0.2) is 0 Å². The van der Waals surface area contributed by atoms with Gasteiger partial charge in [0.1, 0.15) is 9.84 Å². The Morgan fingerprint density at radius 3 is 2.29 bits per heavy atom. The van der Waals surface area contributed by atoms with Crippen LogP contribution in [-0.2, 0) is 14.6 Å². The lowest BCUT2D eigenvalue weighted by Crippen LogP contribution is -2.44. The van der Waals surface area contributed by atoms with Crippen LogP contribution in [0, 0.1) is 0 Å². The Morgan fingerprint density at radius 1 is 1.43 bits per heavy atom. The first-order valence-corrected chi connectivity index (χ1v) is 6.39. The molecule has 0 fully saturated rings. The van der Waals surface area contributed by atoms with Crippen molar-refractivity contribution in [1.82, 2.24) is 5.32 Å². The number of carbonyl (C=O) groups excluding carboxylic acids is 1. The summed E-state index contributed by atoms with van der Waals surface area (Å²) in [5.74, 6) is -0.336. The lowest BCUT2D eigenvalue weighted by atomic mass is 10.0. The van der Waals surface area contributed by atoms with E-state index in [4.69, 9.17) is 5.73 Å². The van der Waals surface area contributed by atoms with E-state index in [-0.39, 0.29) is 12.2 Å². The minimum atomic E-state index is -2.95. The number of sulfone groups is 1. The Bertz CT molecular complexity index is 296. The third-order valence-corrected chi connectivity index (χ3v) is 2.64. The third kappa shape index (κ3) is 8.00. The molecule has 0 spiro atoms. The van der Waals surface area contributed by atoms with Crippen molar-refractivity contribution in [2.75, 3.05) is 18.6 Å². The monoisotopic (exact) mass is 222 g/mol. The van der Waals surface area contributed by atoms with Gasteiger partial charge in [0.05, 0.1) is 5.75 Å². The predicted molar refractivity (Wildman–Crippen MR) is 55.6 cm³/mol. The van der Waals surface area contributed by atoms with Gasteiger partial charge in [-0.1, -0.05) is 0 Å². The smallest absolute Gasteiger partial charge is 0.219 e. The van der Waals surface area contributed by atoms with Crippen LogP contribution in [0.5, 0.6) is 0 Å². The van der Waals surface area contributed by atoms with Gasteiger partial charge in [-0.2, -0.15) is 0 Å². The summed E-state index contributed by atoms with van der Waals surface area (Å²) in [6, 6.07) is 0. The number of carbonyl (C=O) groups is 1. The lowest BCUT2D eigenvalue weighted by molar-refractivity contribution is -0.119. The summed E-state index contributed by atoms with van der Waals surface area (Å²) in [5.41, 5.74) is 4.59. The Kier molecular flexibility index (Phi) is 4.54. The molecule has 0 aliphatic carbocycles. The first kappa shape index (κ1) is 13.4. The molecule has 0 aromatic heterocycles. The number of nitrogens with two attached hydrogens (primary N) is 1. The van der Waals surface area contributed by atoms with Gasteiger partial charge in [0, 0.05) is 24.8 Å². The van der Waals surface area contributed by atoms with E-state index in [1.54, 1.807) is 13.8 Å². The Balaban J connectivity index is 3.94. The summed E-state index contributed by atoms with van der Waals surface area (Å²) in [4.78, 5) is 10.6. The number of primary amides is 1.